The molecule has 2 rings (SSSR count). The number of hydrogen-bond acceptors (Lipinski definition) is 1. The Kier molecular flexibility index (Phi) is 9.76. The van der Waals surface area contributed by atoms with Crippen molar-refractivity contribution in [1.82, 2.24) is 0 Å². The number of aryl methyl sites for hydroxylation is 2. The normalized spacial score (nSPS) is 20.7. The molecule has 0 fully saturated rings. The Morgan fingerprint density at radius 3 is 2.00 bits per heavy atom. The van der Waals surface area contributed by atoms with Gasteiger partial charge in [-0.3, -0.25) is 0 Å². The monoisotopic (exact) mass is 414 g/mol. The van der Waals surface area contributed by atoms with Crippen LogP contribution in [0.2, 0.25) is 0 Å². The van der Waals surface area contributed by atoms with Gasteiger partial charge in [-0.2, -0.15) is 0 Å². The molecule has 0 bridgehead atoms. The molecule has 3 unspecified atom stereocenters. The zero-order valence-electron chi connectivity index (χ0n) is 21.5. The van der Waals surface area contributed by atoms with Gasteiger partial charge in [-0.1, -0.05) is 78.7 Å². The predicted octanol–water partition coefficient (Wildman–Crippen LogP) is 9.13. The van der Waals surface area contributed by atoms with Crippen molar-refractivity contribution in [3.63, 3.8) is 0 Å². The fourth-order valence-corrected chi connectivity index (χ4v) is 5.25. The third-order valence-electron chi connectivity index (χ3n) is 7.64. The van der Waals surface area contributed by atoms with Crippen molar-refractivity contribution >= 4 is 0 Å². The number of fused-ring (bicyclic) bond motifs is 1. The van der Waals surface area contributed by atoms with Crippen molar-refractivity contribution in [2.45, 2.75) is 132 Å². The van der Waals surface area contributed by atoms with Crippen LogP contribution < -0.4 is 4.74 Å². The summed E-state index contributed by atoms with van der Waals surface area (Å²) >= 11 is 0. The Morgan fingerprint density at radius 1 is 0.833 bits per heavy atom. The Morgan fingerprint density at radius 2 is 1.40 bits per heavy atom. The molecule has 1 aromatic rings. The van der Waals surface area contributed by atoms with Crippen LogP contribution in [0.4, 0.5) is 0 Å². The van der Waals surface area contributed by atoms with Crippen molar-refractivity contribution in [2.75, 3.05) is 0 Å². The first-order valence-corrected chi connectivity index (χ1v) is 12.9. The van der Waals surface area contributed by atoms with Crippen LogP contribution >= 0.6 is 0 Å². The van der Waals surface area contributed by atoms with Crippen LogP contribution in [0.3, 0.4) is 0 Å². The third-order valence-corrected chi connectivity index (χ3v) is 7.64. The van der Waals surface area contributed by atoms with E-state index in [9.17, 15) is 0 Å². The van der Waals surface area contributed by atoms with Gasteiger partial charge < -0.3 is 4.74 Å². The maximum atomic E-state index is 6.63. The van der Waals surface area contributed by atoms with Crippen LogP contribution in [0.5, 0.6) is 5.75 Å². The van der Waals surface area contributed by atoms with Crippen molar-refractivity contribution < 1.29 is 4.74 Å². The summed E-state index contributed by atoms with van der Waals surface area (Å²) in [4.78, 5) is 0. The number of ether oxygens (including phenoxy) is 1. The second kappa shape index (κ2) is 11.6. The molecule has 0 aliphatic carbocycles. The van der Waals surface area contributed by atoms with Gasteiger partial charge in [0.25, 0.3) is 0 Å². The highest BCUT2D eigenvalue weighted by molar-refractivity contribution is 5.50. The van der Waals surface area contributed by atoms with Gasteiger partial charge in [-0.05, 0) is 93.4 Å². The lowest BCUT2D eigenvalue weighted by atomic mass is 9.84. The smallest absolute Gasteiger partial charge is 0.126 e. The van der Waals surface area contributed by atoms with Gasteiger partial charge in [-0.25, -0.2) is 0 Å². The predicted molar refractivity (Wildman–Crippen MR) is 133 cm³/mol. The molecule has 0 spiro atoms. The summed E-state index contributed by atoms with van der Waals surface area (Å²) in [7, 11) is 0. The van der Waals surface area contributed by atoms with Crippen molar-refractivity contribution in [3.05, 3.63) is 28.3 Å². The van der Waals surface area contributed by atoms with Crippen LogP contribution in [0, 0.1) is 38.5 Å². The summed E-state index contributed by atoms with van der Waals surface area (Å²) in [6.07, 6.45) is 14.6. The summed E-state index contributed by atoms with van der Waals surface area (Å²) in [6, 6.07) is 2.30. The summed E-state index contributed by atoms with van der Waals surface area (Å²) in [6.45, 7) is 18.6. The molecule has 3 atom stereocenters. The minimum absolute atomic E-state index is 0.0180. The summed E-state index contributed by atoms with van der Waals surface area (Å²) in [5.41, 5.74) is 5.63. The minimum atomic E-state index is 0.0180. The molecule has 1 heteroatoms. The molecule has 0 aromatic heterocycles. The average molecular weight is 415 g/mol. The van der Waals surface area contributed by atoms with E-state index in [2.05, 4.69) is 61.5 Å². The van der Waals surface area contributed by atoms with E-state index in [-0.39, 0.29) is 5.60 Å². The standard InChI is InChI=1S/C29H50O/c1-21(2)12-9-13-22(3)14-10-15-23(4)16-11-18-29(8)19-17-27-26(7)24(5)20-25(6)28(27)30-29/h20-23H,9-19H2,1-8H3. The molecule has 1 aromatic carbocycles. The van der Waals surface area contributed by atoms with Crippen molar-refractivity contribution in [2.24, 2.45) is 17.8 Å². The molecule has 30 heavy (non-hydrogen) atoms. The van der Waals surface area contributed by atoms with E-state index < -0.39 is 0 Å². The van der Waals surface area contributed by atoms with Crippen LogP contribution in [0.1, 0.15) is 121 Å². The first kappa shape index (κ1) is 25.3. The van der Waals surface area contributed by atoms with E-state index in [0.29, 0.717) is 0 Å². The molecular weight excluding hydrogens is 364 g/mol. The van der Waals surface area contributed by atoms with E-state index in [0.717, 1.165) is 24.2 Å². The van der Waals surface area contributed by atoms with Crippen LogP contribution in [-0.4, -0.2) is 5.60 Å². The van der Waals surface area contributed by atoms with Gasteiger partial charge in [0.15, 0.2) is 0 Å². The zero-order chi connectivity index (χ0) is 22.3. The van der Waals surface area contributed by atoms with Gasteiger partial charge in [0.2, 0.25) is 0 Å². The molecule has 1 heterocycles. The first-order valence-electron chi connectivity index (χ1n) is 12.9. The third kappa shape index (κ3) is 7.61. The number of rotatable bonds is 12. The topological polar surface area (TPSA) is 9.23 Å². The molecule has 172 valence electrons. The Bertz CT molecular complexity index is 659. The molecule has 1 aliphatic rings. The van der Waals surface area contributed by atoms with E-state index in [1.54, 1.807) is 0 Å². The summed E-state index contributed by atoms with van der Waals surface area (Å²) in [5, 5.41) is 0. The molecule has 1 aliphatic heterocycles. The van der Waals surface area contributed by atoms with E-state index in [1.807, 2.05) is 0 Å². The highest BCUT2D eigenvalue weighted by Gasteiger charge is 2.33. The molecule has 0 amide bonds. The number of hydrogen-bond donors (Lipinski definition) is 0. The quantitative estimate of drug-likeness (QED) is 0.331. The largest absolute Gasteiger partial charge is 0.487 e. The lowest BCUT2D eigenvalue weighted by molar-refractivity contribution is 0.0514. The van der Waals surface area contributed by atoms with Crippen LogP contribution in [-0.2, 0) is 6.42 Å². The molecule has 0 N–H and O–H groups in total. The Labute approximate surface area is 188 Å². The second-order valence-corrected chi connectivity index (χ2v) is 11.4. The zero-order valence-corrected chi connectivity index (χ0v) is 21.5. The molecule has 1 nitrogen and oxygen atoms in total. The highest BCUT2D eigenvalue weighted by Crippen LogP contribution is 2.41. The van der Waals surface area contributed by atoms with Gasteiger partial charge >= 0.3 is 0 Å². The minimum Gasteiger partial charge on any atom is -0.487 e. The molecule has 0 radical (unpaired) electrons. The molecule has 0 saturated carbocycles. The number of benzene rings is 1. The van der Waals surface area contributed by atoms with Gasteiger partial charge in [0, 0.05) is 0 Å². The van der Waals surface area contributed by atoms with E-state index in [4.69, 9.17) is 4.74 Å². The van der Waals surface area contributed by atoms with Crippen LogP contribution in [0.15, 0.2) is 6.07 Å². The first-order chi connectivity index (χ1) is 14.1. The highest BCUT2D eigenvalue weighted by atomic mass is 16.5. The maximum absolute atomic E-state index is 6.63. The van der Waals surface area contributed by atoms with Gasteiger partial charge in [0.05, 0.1) is 0 Å². The van der Waals surface area contributed by atoms with Gasteiger partial charge in [-0.15, -0.1) is 0 Å². The fraction of sp³-hybridized carbons (Fsp3) is 0.793. The lowest BCUT2D eigenvalue weighted by Gasteiger charge is -2.38. The van der Waals surface area contributed by atoms with Crippen molar-refractivity contribution in [1.29, 1.82) is 0 Å². The van der Waals surface area contributed by atoms with Crippen LogP contribution in [0.25, 0.3) is 0 Å². The SMILES string of the molecule is Cc1cc(C)c2c(c1C)CCC(C)(CCCC(C)CCCC(C)CCCC(C)C)O2. The average Bonchev–Trinajstić information content (AvgIpc) is 2.66. The Hall–Kier alpha value is -0.980. The van der Waals surface area contributed by atoms with E-state index in [1.165, 1.54) is 92.2 Å². The lowest BCUT2D eigenvalue weighted by Crippen LogP contribution is -2.37. The van der Waals surface area contributed by atoms with E-state index >= 15 is 0 Å². The fourth-order valence-electron chi connectivity index (χ4n) is 5.25. The molecular formula is C29H50O. The van der Waals surface area contributed by atoms with Crippen molar-refractivity contribution in [3.8, 4) is 5.75 Å². The summed E-state index contributed by atoms with van der Waals surface area (Å²) < 4.78 is 6.63. The maximum Gasteiger partial charge on any atom is 0.126 e. The molecule has 0 saturated heterocycles. The Balaban J connectivity index is 1.69. The van der Waals surface area contributed by atoms with Gasteiger partial charge in [0.1, 0.15) is 11.4 Å². The summed E-state index contributed by atoms with van der Waals surface area (Å²) in [5.74, 6) is 3.80. The second-order valence-electron chi connectivity index (χ2n) is 11.4.